The monoisotopic (exact) mass is 231 g/mol. The molecule has 17 heavy (non-hydrogen) atoms. The van der Waals surface area contributed by atoms with Crippen LogP contribution in [0.25, 0.3) is 0 Å². The maximum Gasteiger partial charge on any atom is 0.0208 e. The molecule has 1 aromatic rings. The van der Waals surface area contributed by atoms with Crippen molar-refractivity contribution in [1.29, 1.82) is 0 Å². The summed E-state index contributed by atoms with van der Waals surface area (Å²) in [7, 11) is 0. The molecule has 2 unspecified atom stereocenters. The molecule has 0 heterocycles. The predicted octanol–water partition coefficient (Wildman–Crippen LogP) is 3.92. The van der Waals surface area contributed by atoms with Gasteiger partial charge in [-0.1, -0.05) is 51.0 Å². The Hall–Kier alpha value is -0.820. The van der Waals surface area contributed by atoms with E-state index >= 15 is 0 Å². The minimum Gasteiger partial charge on any atom is -0.310 e. The smallest absolute Gasteiger partial charge is 0.0208 e. The minimum absolute atomic E-state index is 0.740. The molecule has 0 spiro atoms. The normalized spacial score (nSPS) is 24.8. The van der Waals surface area contributed by atoms with Gasteiger partial charge in [0.15, 0.2) is 0 Å². The van der Waals surface area contributed by atoms with Gasteiger partial charge in [0.25, 0.3) is 0 Å². The first-order chi connectivity index (χ1) is 8.28. The fourth-order valence-corrected chi connectivity index (χ4v) is 2.77. The number of hydrogen-bond acceptors (Lipinski definition) is 1. The number of benzene rings is 1. The van der Waals surface area contributed by atoms with E-state index in [4.69, 9.17) is 0 Å². The van der Waals surface area contributed by atoms with Gasteiger partial charge in [0.05, 0.1) is 0 Å². The van der Waals surface area contributed by atoms with Crippen LogP contribution >= 0.6 is 0 Å². The molecular weight excluding hydrogens is 206 g/mol. The van der Waals surface area contributed by atoms with Gasteiger partial charge in [-0.15, -0.1) is 0 Å². The molecule has 1 saturated carbocycles. The summed E-state index contributed by atoms with van der Waals surface area (Å²) in [4.78, 5) is 0. The van der Waals surface area contributed by atoms with Crippen molar-refractivity contribution in [3.05, 3.63) is 35.4 Å². The van der Waals surface area contributed by atoms with Crippen LogP contribution in [0.4, 0.5) is 0 Å². The van der Waals surface area contributed by atoms with Crippen LogP contribution in [0, 0.1) is 5.92 Å². The van der Waals surface area contributed by atoms with Gasteiger partial charge >= 0.3 is 0 Å². The fraction of sp³-hybridized carbons (Fsp3) is 0.625. The summed E-state index contributed by atoms with van der Waals surface area (Å²) in [5.41, 5.74) is 2.85. The second kappa shape index (κ2) is 6.20. The lowest BCUT2D eigenvalue weighted by molar-refractivity contribution is 0.300. The van der Waals surface area contributed by atoms with E-state index in [9.17, 15) is 0 Å². The number of hydrogen-bond donors (Lipinski definition) is 1. The third-order valence-corrected chi connectivity index (χ3v) is 3.96. The lowest BCUT2D eigenvalue weighted by Crippen LogP contribution is -2.33. The van der Waals surface area contributed by atoms with E-state index in [1.165, 1.54) is 36.8 Å². The van der Waals surface area contributed by atoms with Crippen LogP contribution in [-0.4, -0.2) is 6.04 Å². The first-order valence-corrected chi connectivity index (χ1v) is 7.09. The van der Waals surface area contributed by atoms with Crippen LogP contribution < -0.4 is 5.32 Å². The first kappa shape index (κ1) is 12.6. The Balaban J connectivity index is 1.80. The van der Waals surface area contributed by atoms with Gasteiger partial charge in [0.2, 0.25) is 0 Å². The van der Waals surface area contributed by atoms with E-state index < -0.39 is 0 Å². The number of nitrogens with one attached hydrogen (secondary N) is 1. The van der Waals surface area contributed by atoms with Crippen molar-refractivity contribution >= 4 is 0 Å². The maximum absolute atomic E-state index is 3.71. The molecule has 94 valence electrons. The van der Waals surface area contributed by atoms with E-state index in [0.717, 1.165) is 24.9 Å². The standard InChI is InChI=1S/C16H25N/c1-3-14-7-9-15(10-8-14)12-17-16-6-4-5-13(2)11-16/h7-10,13,16-17H,3-6,11-12H2,1-2H3. The van der Waals surface area contributed by atoms with Crippen molar-refractivity contribution in [1.82, 2.24) is 5.32 Å². The predicted molar refractivity (Wildman–Crippen MR) is 74.1 cm³/mol. The average molecular weight is 231 g/mol. The molecule has 0 saturated heterocycles. The number of rotatable bonds is 4. The van der Waals surface area contributed by atoms with E-state index in [1.54, 1.807) is 0 Å². The Morgan fingerprint density at radius 2 is 1.82 bits per heavy atom. The molecule has 1 nitrogen and oxygen atoms in total. The second-order valence-electron chi connectivity index (χ2n) is 5.52. The van der Waals surface area contributed by atoms with E-state index in [1.807, 2.05) is 0 Å². The summed E-state index contributed by atoms with van der Waals surface area (Å²) in [6.07, 6.45) is 6.66. The highest BCUT2D eigenvalue weighted by molar-refractivity contribution is 5.22. The molecule has 1 aliphatic rings. The lowest BCUT2D eigenvalue weighted by atomic mass is 9.87. The van der Waals surface area contributed by atoms with Gasteiger partial charge in [-0.3, -0.25) is 0 Å². The van der Waals surface area contributed by atoms with Crippen molar-refractivity contribution in [2.24, 2.45) is 5.92 Å². The Kier molecular flexibility index (Phi) is 4.61. The summed E-state index contributed by atoms with van der Waals surface area (Å²) in [6, 6.07) is 9.77. The molecule has 0 bridgehead atoms. The molecule has 2 atom stereocenters. The number of aryl methyl sites for hydroxylation is 1. The van der Waals surface area contributed by atoms with Crippen LogP contribution in [0.2, 0.25) is 0 Å². The van der Waals surface area contributed by atoms with Crippen LogP contribution in [0.15, 0.2) is 24.3 Å². The summed E-state index contributed by atoms with van der Waals surface area (Å²) < 4.78 is 0. The first-order valence-electron chi connectivity index (χ1n) is 7.09. The molecule has 1 heteroatoms. The third kappa shape index (κ3) is 3.85. The zero-order valence-corrected chi connectivity index (χ0v) is 11.2. The van der Waals surface area contributed by atoms with Crippen LogP contribution in [-0.2, 0) is 13.0 Å². The Morgan fingerprint density at radius 1 is 1.12 bits per heavy atom. The van der Waals surface area contributed by atoms with Gasteiger partial charge in [-0.05, 0) is 36.3 Å². The van der Waals surface area contributed by atoms with Gasteiger partial charge in [0.1, 0.15) is 0 Å². The summed E-state index contributed by atoms with van der Waals surface area (Å²) in [5, 5.41) is 3.71. The molecule has 0 radical (unpaired) electrons. The second-order valence-corrected chi connectivity index (χ2v) is 5.52. The average Bonchev–Trinajstić information content (AvgIpc) is 2.37. The highest BCUT2D eigenvalue weighted by Crippen LogP contribution is 2.23. The van der Waals surface area contributed by atoms with Crippen molar-refractivity contribution < 1.29 is 0 Å². The quantitative estimate of drug-likeness (QED) is 0.828. The third-order valence-electron chi connectivity index (χ3n) is 3.96. The van der Waals surface area contributed by atoms with Gasteiger partial charge in [0, 0.05) is 12.6 Å². The lowest BCUT2D eigenvalue weighted by Gasteiger charge is -2.27. The highest BCUT2D eigenvalue weighted by Gasteiger charge is 2.17. The molecule has 0 aliphatic heterocycles. The van der Waals surface area contributed by atoms with Gasteiger partial charge in [-0.25, -0.2) is 0 Å². The molecule has 0 amide bonds. The molecule has 1 aliphatic carbocycles. The van der Waals surface area contributed by atoms with Gasteiger partial charge < -0.3 is 5.32 Å². The fourth-order valence-electron chi connectivity index (χ4n) is 2.77. The zero-order valence-electron chi connectivity index (χ0n) is 11.2. The SMILES string of the molecule is CCc1ccc(CNC2CCCC(C)C2)cc1. The van der Waals surface area contributed by atoms with E-state index in [-0.39, 0.29) is 0 Å². The summed E-state index contributed by atoms with van der Waals surface area (Å²) in [5.74, 6) is 0.906. The minimum atomic E-state index is 0.740. The van der Waals surface area contributed by atoms with Crippen LogP contribution in [0.5, 0.6) is 0 Å². The van der Waals surface area contributed by atoms with Crippen molar-refractivity contribution in [2.45, 2.75) is 58.5 Å². The summed E-state index contributed by atoms with van der Waals surface area (Å²) in [6.45, 7) is 5.61. The molecular formula is C16H25N. The Morgan fingerprint density at radius 3 is 2.47 bits per heavy atom. The van der Waals surface area contributed by atoms with Crippen molar-refractivity contribution in [3.8, 4) is 0 Å². The molecule has 0 aromatic heterocycles. The Bertz CT molecular complexity index is 328. The van der Waals surface area contributed by atoms with Crippen molar-refractivity contribution in [3.63, 3.8) is 0 Å². The van der Waals surface area contributed by atoms with Crippen LogP contribution in [0.1, 0.15) is 50.7 Å². The van der Waals surface area contributed by atoms with Crippen molar-refractivity contribution in [2.75, 3.05) is 0 Å². The molecule has 1 fully saturated rings. The van der Waals surface area contributed by atoms with E-state index in [0.29, 0.717) is 0 Å². The topological polar surface area (TPSA) is 12.0 Å². The van der Waals surface area contributed by atoms with Gasteiger partial charge in [-0.2, -0.15) is 0 Å². The maximum atomic E-state index is 3.71. The summed E-state index contributed by atoms with van der Waals surface area (Å²) >= 11 is 0. The Labute approximate surface area is 106 Å². The molecule has 1 N–H and O–H groups in total. The zero-order chi connectivity index (χ0) is 12.1. The largest absolute Gasteiger partial charge is 0.310 e. The highest BCUT2D eigenvalue weighted by atomic mass is 14.9. The van der Waals surface area contributed by atoms with E-state index in [2.05, 4.69) is 43.4 Å². The molecule has 2 rings (SSSR count). The van der Waals surface area contributed by atoms with Crippen LogP contribution in [0.3, 0.4) is 0 Å². The molecule has 1 aromatic carbocycles.